The van der Waals surface area contributed by atoms with Gasteiger partial charge in [0, 0.05) is 29.3 Å². The molecule has 0 aliphatic rings. The van der Waals surface area contributed by atoms with Crippen LogP contribution in [0.2, 0.25) is 0 Å². The fourth-order valence-corrected chi connectivity index (χ4v) is 1.97. The number of phenols is 1. The molecule has 2 aromatic rings. The lowest BCUT2D eigenvalue weighted by Crippen LogP contribution is -2.17. The molecule has 0 heterocycles. The fourth-order valence-electron chi connectivity index (χ4n) is 1.97. The molecular formula is C15H12N4O7. The molecule has 2 N–H and O–H groups in total. The molecule has 0 aliphatic carbocycles. The third-order valence-electron chi connectivity index (χ3n) is 3.19. The van der Waals surface area contributed by atoms with Gasteiger partial charge in [0.1, 0.15) is 0 Å². The van der Waals surface area contributed by atoms with E-state index in [0.29, 0.717) is 0 Å². The number of amides is 1. The van der Waals surface area contributed by atoms with Gasteiger partial charge in [-0.3, -0.25) is 25.0 Å². The van der Waals surface area contributed by atoms with Gasteiger partial charge in [-0.15, -0.1) is 0 Å². The third kappa shape index (κ3) is 4.08. The standard InChI is InChI=1S/C15H12N4O7/c1-26-13-6-9(5-12(14(13)20)19(24)25)8-16-17-15(21)10-3-2-4-11(7-10)18(22)23/h2-8,20H,1H3,(H,17,21)/b16-8-. The molecule has 1 amide bonds. The number of rotatable bonds is 6. The first-order chi connectivity index (χ1) is 12.3. The Kier molecular flexibility index (Phi) is 5.43. The second-order valence-corrected chi connectivity index (χ2v) is 4.85. The molecule has 0 aliphatic heterocycles. The number of methoxy groups -OCH3 is 1. The molecule has 0 fully saturated rings. The number of carbonyl (C=O) groups is 1. The predicted octanol–water partition coefficient (Wildman–Crippen LogP) is 1.98. The SMILES string of the molecule is COc1cc(/C=N\NC(=O)c2cccc([N+](=O)[O-])c2)cc([N+](=O)[O-])c1O. The van der Waals surface area contributed by atoms with Gasteiger partial charge >= 0.3 is 5.69 Å². The number of ether oxygens (including phenoxy) is 1. The molecule has 11 nitrogen and oxygen atoms in total. The number of carbonyl (C=O) groups excluding carboxylic acids is 1. The highest BCUT2D eigenvalue weighted by Gasteiger charge is 2.19. The molecule has 0 saturated carbocycles. The van der Waals surface area contributed by atoms with Crippen molar-refractivity contribution < 1.29 is 24.5 Å². The van der Waals surface area contributed by atoms with Gasteiger partial charge in [-0.1, -0.05) is 6.07 Å². The van der Waals surface area contributed by atoms with E-state index in [9.17, 15) is 30.1 Å². The van der Waals surface area contributed by atoms with E-state index >= 15 is 0 Å². The van der Waals surface area contributed by atoms with Crippen molar-refractivity contribution in [2.75, 3.05) is 7.11 Å². The summed E-state index contributed by atoms with van der Waals surface area (Å²) < 4.78 is 4.84. The van der Waals surface area contributed by atoms with Gasteiger partial charge in [0.15, 0.2) is 5.75 Å². The monoisotopic (exact) mass is 360 g/mol. The van der Waals surface area contributed by atoms with Gasteiger partial charge < -0.3 is 9.84 Å². The van der Waals surface area contributed by atoms with E-state index in [-0.39, 0.29) is 22.6 Å². The normalized spacial score (nSPS) is 10.5. The Bertz CT molecular complexity index is 911. The van der Waals surface area contributed by atoms with Crippen LogP contribution in [0.4, 0.5) is 11.4 Å². The first-order valence-corrected chi connectivity index (χ1v) is 6.96. The highest BCUT2D eigenvalue weighted by molar-refractivity contribution is 5.95. The molecule has 2 rings (SSSR count). The Labute approximate surface area is 145 Å². The van der Waals surface area contributed by atoms with Crippen LogP contribution in [-0.2, 0) is 0 Å². The smallest absolute Gasteiger partial charge is 0.315 e. The topological polar surface area (TPSA) is 157 Å². The lowest BCUT2D eigenvalue weighted by Gasteiger charge is -2.05. The van der Waals surface area contributed by atoms with E-state index in [2.05, 4.69) is 10.5 Å². The van der Waals surface area contributed by atoms with Crippen molar-refractivity contribution in [2.24, 2.45) is 5.10 Å². The van der Waals surface area contributed by atoms with Crippen molar-refractivity contribution in [1.29, 1.82) is 0 Å². The molecule has 26 heavy (non-hydrogen) atoms. The average molecular weight is 360 g/mol. The Morgan fingerprint density at radius 2 is 1.96 bits per heavy atom. The summed E-state index contributed by atoms with van der Waals surface area (Å²) in [6.45, 7) is 0. The maximum absolute atomic E-state index is 11.9. The first-order valence-electron chi connectivity index (χ1n) is 6.96. The fraction of sp³-hybridized carbons (Fsp3) is 0.0667. The minimum Gasteiger partial charge on any atom is -0.500 e. The minimum absolute atomic E-state index is 0.0191. The summed E-state index contributed by atoms with van der Waals surface area (Å²) in [6.07, 6.45) is 1.10. The number of nitro benzene ring substituents is 2. The molecule has 0 aromatic heterocycles. The summed E-state index contributed by atoms with van der Waals surface area (Å²) in [7, 11) is 1.23. The van der Waals surface area contributed by atoms with Crippen LogP contribution in [0.5, 0.6) is 11.5 Å². The number of nitro groups is 2. The Balaban J connectivity index is 2.19. The summed E-state index contributed by atoms with van der Waals surface area (Å²) in [5.74, 6) is -1.47. The van der Waals surface area contributed by atoms with Crippen molar-refractivity contribution in [3.8, 4) is 11.5 Å². The lowest BCUT2D eigenvalue weighted by atomic mass is 10.2. The number of hydrogen-bond donors (Lipinski definition) is 2. The number of benzene rings is 2. The minimum atomic E-state index is -0.795. The van der Waals surface area contributed by atoms with Crippen molar-refractivity contribution >= 4 is 23.5 Å². The molecule has 0 spiro atoms. The molecule has 0 saturated heterocycles. The van der Waals surface area contributed by atoms with Crippen LogP contribution < -0.4 is 10.2 Å². The number of aromatic hydroxyl groups is 1. The number of hydrazone groups is 1. The Morgan fingerprint density at radius 1 is 1.23 bits per heavy atom. The first kappa shape index (κ1) is 18.3. The third-order valence-corrected chi connectivity index (χ3v) is 3.19. The van der Waals surface area contributed by atoms with E-state index in [1.165, 1.54) is 31.4 Å². The van der Waals surface area contributed by atoms with Gasteiger partial charge in [-0.2, -0.15) is 5.10 Å². The molecule has 0 unspecified atom stereocenters. The van der Waals surface area contributed by atoms with Crippen LogP contribution in [-0.4, -0.2) is 34.2 Å². The van der Waals surface area contributed by atoms with Crippen molar-refractivity contribution in [3.05, 3.63) is 67.8 Å². The Morgan fingerprint density at radius 3 is 2.58 bits per heavy atom. The predicted molar refractivity (Wildman–Crippen MR) is 89.5 cm³/mol. The number of phenolic OH excluding ortho intramolecular Hbond substituents is 1. The second-order valence-electron chi connectivity index (χ2n) is 4.85. The lowest BCUT2D eigenvalue weighted by molar-refractivity contribution is -0.386. The summed E-state index contributed by atoms with van der Waals surface area (Å²) in [5, 5.41) is 34.9. The van der Waals surface area contributed by atoms with Gasteiger partial charge in [-0.25, -0.2) is 5.43 Å². The van der Waals surface area contributed by atoms with Gasteiger partial charge in [0.2, 0.25) is 5.75 Å². The highest BCUT2D eigenvalue weighted by Crippen LogP contribution is 2.36. The van der Waals surface area contributed by atoms with Crippen molar-refractivity contribution in [3.63, 3.8) is 0 Å². The van der Waals surface area contributed by atoms with E-state index in [1.807, 2.05) is 0 Å². The van der Waals surface area contributed by atoms with Gasteiger partial charge in [0.25, 0.3) is 11.6 Å². The number of hydrogen-bond acceptors (Lipinski definition) is 8. The maximum Gasteiger partial charge on any atom is 0.315 e. The average Bonchev–Trinajstić information content (AvgIpc) is 2.62. The summed E-state index contributed by atoms with van der Waals surface area (Å²) in [4.78, 5) is 32.1. The van der Waals surface area contributed by atoms with E-state index in [0.717, 1.165) is 18.3 Å². The van der Waals surface area contributed by atoms with Crippen LogP contribution in [0.15, 0.2) is 41.5 Å². The largest absolute Gasteiger partial charge is 0.500 e. The highest BCUT2D eigenvalue weighted by atomic mass is 16.6. The number of nitrogens with zero attached hydrogens (tertiary/aromatic N) is 3. The van der Waals surface area contributed by atoms with Crippen molar-refractivity contribution in [1.82, 2.24) is 5.43 Å². The molecular weight excluding hydrogens is 348 g/mol. The van der Waals surface area contributed by atoms with E-state index in [1.54, 1.807) is 0 Å². The molecule has 134 valence electrons. The Hall–Kier alpha value is -4.02. The summed E-state index contributed by atoms with van der Waals surface area (Å²) in [5.41, 5.74) is 1.52. The maximum atomic E-state index is 11.9. The quantitative estimate of drug-likeness (QED) is 0.453. The molecule has 0 radical (unpaired) electrons. The van der Waals surface area contributed by atoms with Crippen LogP contribution in [0.25, 0.3) is 0 Å². The zero-order chi connectivity index (χ0) is 19.3. The zero-order valence-corrected chi connectivity index (χ0v) is 13.3. The van der Waals surface area contributed by atoms with Gasteiger partial charge in [0.05, 0.1) is 23.2 Å². The summed E-state index contributed by atoms with van der Waals surface area (Å²) >= 11 is 0. The van der Waals surface area contributed by atoms with Crippen LogP contribution in [0, 0.1) is 20.2 Å². The molecule has 0 bridgehead atoms. The number of nitrogens with one attached hydrogen (secondary N) is 1. The molecule has 11 heteroatoms. The second kappa shape index (κ2) is 7.70. The van der Waals surface area contributed by atoms with Crippen LogP contribution >= 0.6 is 0 Å². The van der Waals surface area contributed by atoms with Crippen LogP contribution in [0.3, 0.4) is 0 Å². The number of non-ortho nitro benzene ring substituents is 1. The zero-order valence-electron chi connectivity index (χ0n) is 13.3. The van der Waals surface area contributed by atoms with E-state index in [4.69, 9.17) is 4.74 Å². The summed E-state index contributed by atoms with van der Waals surface area (Å²) in [6, 6.07) is 7.37. The molecule has 2 aromatic carbocycles. The van der Waals surface area contributed by atoms with Crippen LogP contribution in [0.1, 0.15) is 15.9 Å². The van der Waals surface area contributed by atoms with Gasteiger partial charge in [-0.05, 0) is 12.1 Å². The van der Waals surface area contributed by atoms with Crippen molar-refractivity contribution in [2.45, 2.75) is 0 Å². The van der Waals surface area contributed by atoms with E-state index < -0.39 is 27.2 Å². The molecule has 0 atom stereocenters.